The van der Waals surface area contributed by atoms with Gasteiger partial charge in [0.05, 0.1) is 49.0 Å². The molecule has 0 bridgehead atoms. The Morgan fingerprint density at radius 2 is 2.05 bits per heavy atom. The summed E-state index contributed by atoms with van der Waals surface area (Å²) in [5.74, 6) is 1.16. The summed E-state index contributed by atoms with van der Waals surface area (Å²) >= 11 is 6.41. The fourth-order valence-corrected chi connectivity index (χ4v) is 8.03. The van der Waals surface area contributed by atoms with Crippen LogP contribution in [0.4, 0.5) is 5.69 Å². The van der Waals surface area contributed by atoms with Crippen molar-refractivity contribution in [2.45, 2.75) is 74.7 Å². The van der Waals surface area contributed by atoms with E-state index in [1.165, 1.54) is 18.2 Å². The predicted molar refractivity (Wildman–Crippen MR) is 169 cm³/mol. The molecule has 2 aliphatic heterocycles. The zero-order chi connectivity index (χ0) is 31.1. The van der Waals surface area contributed by atoms with Crippen molar-refractivity contribution in [3.05, 3.63) is 58.1 Å². The van der Waals surface area contributed by atoms with Gasteiger partial charge in [-0.1, -0.05) is 17.7 Å². The number of anilines is 1. The molecule has 44 heavy (non-hydrogen) atoms. The molecular formula is C33H43ClN2O7S. The predicted octanol–water partition coefficient (Wildman–Crippen LogP) is 4.87. The molecule has 11 heteroatoms. The van der Waals surface area contributed by atoms with E-state index >= 15 is 0 Å². The van der Waals surface area contributed by atoms with Crippen molar-refractivity contribution in [3.63, 3.8) is 0 Å². The standard InChI is InChI=1S/C33H43ClN2O7S/c1-21(44(35,38)39)18-42-26-11-13-41-31(16-26)27-8-5-24(27)17-36-19-33(12-3-4-22-14-25(34)7-9-28(22)33)20-43-30-10-6-23(15-29(30)36)32(37)40-2/h6-7,9-10,14-15,21,24,26-27,31H,3-5,8,11-13,16-20H2,1-2H3,(H2,35,38,39)/t21-,24+,26-,27-,31-,33+/m1/s1. The summed E-state index contributed by atoms with van der Waals surface area (Å²) < 4.78 is 47.3. The first-order valence-electron chi connectivity index (χ1n) is 15.7. The number of carbonyl (C=O) groups is 1. The smallest absolute Gasteiger partial charge is 0.337 e. The number of rotatable bonds is 8. The largest absolute Gasteiger partial charge is 0.490 e. The molecule has 6 atom stereocenters. The molecule has 0 amide bonds. The first-order valence-corrected chi connectivity index (χ1v) is 17.7. The molecule has 1 spiro atoms. The second-order valence-corrected chi connectivity index (χ2v) is 15.5. The van der Waals surface area contributed by atoms with E-state index in [-0.39, 0.29) is 30.2 Å². The molecule has 0 radical (unpaired) electrons. The third-order valence-corrected chi connectivity index (χ3v) is 11.8. The van der Waals surface area contributed by atoms with Crippen LogP contribution in [0, 0.1) is 11.8 Å². The van der Waals surface area contributed by atoms with Crippen LogP contribution in [0.3, 0.4) is 0 Å². The number of esters is 1. The number of carbonyl (C=O) groups excluding carboxylic acids is 1. The molecule has 240 valence electrons. The number of sulfonamides is 1. The number of primary sulfonamides is 1. The van der Waals surface area contributed by atoms with Crippen LogP contribution in [0.25, 0.3) is 0 Å². The zero-order valence-corrected chi connectivity index (χ0v) is 27.1. The number of methoxy groups -OCH3 is 1. The van der Waals surface area contributed by atoms with Gasteiger partial charge in [0.25, 0.3) is 0 Å². The van der Waals surface area contributed by atoms with E-state index < -0.39 is 15.3 Å². The Morgan fingerprint density at radius 1 is 1.20 bits per heavy atom. The van der Waals surface area contributed by atoms with Crippen molar-refractivity contribution in [1.29, 1.82) is 0 Å². The lowest BCUT2D eigenvalue weighted by Gasteiger charge is -2.47. The van der Waals surface area contributed by atoms with Gasteiger partial charge in [-0.05, 0) is 98.7 Å². The first kappa shape index (κ1) is 31.6. The Kier molecular flexibility index (Phi) is 9.19. The maximum atomic E-state index is 12.5. The summed E-state index contributed by atoms with van der Waals surface area (Å²) in [4.78, 5) is 15.0. The van der Waals surface area contributed by atoms with Crippen molar-refractivity contribution < 1.29 is 32.2 Å². The van der Waals surface area contributed by atoms with Crippen LogP contribution in [0.15, 0.2) is 36.4 Å². The SMILES string of the molecule is COC(=O)c1ccc2c(c1)N(C[C@@H]1CC[C@H]1[C@H]1C[C@H](OC[C@@H](C)S(N)(=O)=O)CCO1)C[C@@]1(CCCc3cc(Cl)ccc31)CO2. The zero-order valence-electron chi connectivity index (χ0n) is 25.5. The number of ether oxygens (including phenoxy) is 4. The number of fused-ring (bicyclic) bond motifs is 3. The summed E-state index contributed by atoms with van der Waals surface area (Å²) in [5.41, 5.74) is 3.80. The van der Waals surface area contributed by atoms with Crippen LogP contribution in [0.2, 0.25) is 5.02 Å². The van der Waals surface area contributed by atoms with Crippen molar-refractivity contribution >= 4 is 33.3 Å². The van der Waals surface area contributed by atoms with E-state index in [1.54, 1.807) is 13.0 Å². The number of nitrogens with two attached hydrogens (primary N) is 1. The van der Waals surface area contributed by atoms with E-state index in [0.717, 1.165) is 74.5 Å². The van der Waals surface area contributed by atoms with E-state index in [0.29, 0.717) is 30.6 Å². The maximum Gasteiger partial charge on any atom is 0.337 e. The highest BCUT2D eigenvalue weighted by atomic mass is 35.5. The average molecular weight is 647 g/mol. The van der Waals surface area contributed by atoms with Crippen LogP contribution in [0.1, 0.15) is 66.9 Å². The third-order valence-electron chi connectivity index (χ3n) is 10.3. The van der Waals surface area contributed by atoms with E-state index in [9.17, 15) is 13.2 Å². The lowest BCUT2D eigenvalue weighted by Crippen LogP contribution is -2.51. The number of nitrogens with zero attached hydrogens (tertiary/aromatic N) is 1. The maximum absolute atomic E-state index is 12.5. The topological polar surface area (TPSA) is 117 Å². The van der Waals surface area contributed by atoms with Gasteiger partial charge in [0.1, 0.15) is 5.75 Å². The van der Waals surface area contributed by atoms with Crippen molar-refractivity contribution in [1.82, 2.24) is 0 Å². The van der Waals surface area contributed by atoms with Gasteiger partial charge >= 0.3 is 5.97 Å². The van der Waals surface area contributed by atoms with Crippen LogP contribution in [-0.2, 0) is 36.1 Å². The van der Waals surface area contributed by atoms with Crippen LogP contribution in [0.5, 0.6) is 5.75 Å². The molecule has 1 saturated carbocycles. The monoisotopic (exact) mass is 646 g/mol. The number of halogens is 1. The average Bonchev–Trinajstić information content (AvgIpc) is 3.14. The van der Waals surface area contributed by atoms with Gasteiger partial charge in [0, 0.05) is 36.6 Å². The summed E-state index contributed by atoms with van der Waals surface area (Å²) in [6.45, 7) is 4.39. The van der Waals surface area contributed by atoms with Gasteiger partial charge in [-0.3, -0.25) is 0 Å². The summed E-state index contributed by atoms with van der Waals surface area (Å²) in [6.07, 6.45) is 6.69. The minimum absolute atomic E-state index is 0.0490. The molecule has 2 aliphatic carbocycles. The Hall–Kier alpha value is -2.37. The molecule has 2 aromatic carbocycles. The van der Waals surface area contributed by atoms with Gasteiger partial charge in [0.15, 0.2) is 0 Å². The van der Waals surface area contributed by atoms with E-state index in [4.69, 9.17) is 35.7 Å². The molecule has 6 rings (SSSR count). The number of hydrogen-bond donors (Lipinski definition) is 1. The van der Waals surface area contributed by atoms with Gasteiger partial charge in [-0.2, -0.15) is 0 Å². The van der Waals surface area contributed by atoms with E-state index in [1.807, 2.05) is 18.2 Å². The Balaban J connectivity index is 1.24. The van der Waals surface area contributed by atoms with Crippen LogP contribution < -0.4 is 14.8 Å². The highest BCUT2D eigenvalue weighted by molar-refractivity contribution is 7.89. The number of benzene rings is 2. The fourth-order valence-electron chi connectivity index (χ4n) is 7.56. The minimum Gasteiger partial charge on any atom is -0.490 e. The summed E-state index contributed by atoms with van der Waals surface area (Å²) in [7, 11) is -2.23. The number of aryl methyl sites for hydroxylation is 1. The molecule has 2 aromatic rings. The first-order chi connectivity index (χ1) is 21.1. The van der Waals surface area contributed by atoms with E-state index in [2.05, 4.69) is 17.0 Å². The fraction of sp³-hybridized carbons (Fsp3) is 0.606. The Bertz CT molecular complexity index is 1490. The van der Waals surface area contributed by atoms with Crippen molar-refractivity contribution in [2.24, 2.45) is 17.0 Å². The lowest BCUT2D eigenvalue weighted by atomic mass is 9.67. The number of hydrogen-bond acceptors (Lipinski definition) is 8. The third kappa shape index (κ3) is 6.47. The molecule has 2 N–H and O–H groups in total. The van der Waals surface area contributed by atoms with Gasteiger partial charge < -0.3 is 23.8 Å². The normalized spacial score (nSPS) is 29.0. The molecule has 0 aromatic heterocycles. The molecule has 2 fully saturated rings. The summed E-state index contributed by atoms with van der Waals surface area (Å²) in [5, 5.41) is 5.31. The van der Waals surface area contributed by atoms with Gasteiger partial charge in [-0.25, -0.2) is 18.4 Å². The Morgan fingerprint density at radius 3 is 2.80 bits per heavy atom. The second kappa shape index (κ2) is 12.8. The quantitative estimate of drug-likeness (QED) is 0.404. The molecule has 2 heterocycles. The molecule has 1 saturated heterocycles. The van der Waals surface area contributed by atoms with Crippen LogP contribution in [-0.4, -0.2) is 71.9 Å². The Labute approximate surface area is 265 Å². The van der Waals surface area contributed by atoms with Gasteiger partial charge in [0.2, 0.25) is 10.0 Å². The molecule has 4 aliphatic rings. The molecular weight excluding hydrogens is 604 g/mol. The van der Waals surface area contributed by atoms with Crippen molar-refractivity contribution in [3.8, 4) is 5.75 Å². The highest BCUT2D eigenvalue weighted by Gasteiger charge is 2.45. The van der Waals surface area contributed by atoms with Crippen molar-refractivity contribution in [2.75, 3.05) is 44.9 Å². The van der Waals surface area contributed by atoms with Crippen LogP contribution >= 0.6 is 11.6 Å². The molecule has 0 unspecified atom stereocenters. The summed E-state index contributed by atoms with van der Waals surface area (Å²) in [6, 6.07) is 11.8. The van der Waals surface area contributed by atoms with Gasteiger partial charge in [-0.15, -0.1) is 0 Å². The highest BCUT2D eigenvalue weighted by Crippen LogP contribution is 2.47. The molecule has 9 nitrogen and oxygen atoms in total. The lowest BCUT2D eigenvalue weighted by molar-refractivity contribution is -0.116. The second-order valence-electron chi connectivity index (χ2n) is 13.1. The minimum atomic E-state index is -3.63.